The Morgan fingerprint density at radius 2 is 2.25 bits per heavy atom. The van der Waals surface area contributed by atoms with Crippen molar-refractivity contribution in [2.75, 3.05) is 26.4 Å². The van der Waals surface area contributed by atoms with E-state index in [0.29, 0.717) is 19.8 Å². The number of nitrogens with zero attached hydrogens (tertiary/aromatic N) is 2. The van der Waals surface area contributed by atoms with Crippen molar-refractivity contribution in [2.24, 2.45) is 7.05 Å². The molecule has 0 amide bonds. The van der Waals surface area contributed by atoms with Crippen LogP contribution in [0, 0.1) is 0 Å². The standard InChI is InChI=1S/C18H21N3O3/c1-21-9-15(8-20-21)24-18-12-22-11-16(18)19-7-13-6-14-4-2-3-5-17(14)23-10-13/h2-6,8-9,16,18-19H,7,10-12H2,1H3/t16-,18+/m0/s1. The summed E-state index contributed by atoms with van der Waals surface area (Å²) in [6.45, 7) is 2.61. The fourth-order valence-corrected chi connectivity index (χ4v) is 3.00. The minimum Gasteiger partial charge on any atom is -0.489 e. The summed E-state index contributed by atoms with van der Waals surface area (Å²) in [7, 11) is 1.88. The highest BCUT2D eigenvalue weighted by Gasteiger charge is 2.30. The van der Waals surface area contributed by atoms with Gasteiger partial charge in [0.1, 0.15) is 18.5 Å². The Balaban J connectivity index is 1.36. The highest BCUT2D eigenvalue weighted by atomic mass is 16.5. The molecule has 126 valence electrons. The van der Waals surface area contributed by atoms with Gasteiger partial charge in [-0.25, -0.2) is 0 Å². The molecule has 0 radical (unpaired) electrons. The third kappa shape index (κ3) is 3.29. The topological polar surface area (TPSA) is 57.5 Å². The molecule has 2 atom stereocenters. The molecule has 0 saturated carbocycles. The molecule has 1 aromatic heterocycles. The van der Waals surface area contributed by atoms with Crippen LogP contribution >= 0.6 is 0 Å². The number of hydrogen-bond donors (Lipinski definition) is 1. The second kappa shape index (κ2) is 6.67. The van der Waals surface area contributed by atoms with Crippen LogP contribution < -0.4 is 14.8 Å². The Hall–Kier alpha value is -2.31. The van der Waals surface area contributed by atoms with Gasteiger partial charge in [-0.05, 0) is 17.7 Å². The third-order valence-corrected chi connectivity index (χ3v) is 4.28. The maximum absolute atomic E-state index is 5.98. The summed E-state index contributed by atoms with van der Waals surface area (Å²) in [4.78, 5) is 0. The van der Waals surface area contributed by atoms with Crippen LogP contribution in [0.4, 0.5) is 0 Å². The smallest absolute Gasteiger partial charge is 0.157 e. The van der Waals surface area contributed by atoms with Gasteiger partial charge in [0.2, 0.25) is 0 Å². The van der Waals surface area contributed by atoms with Gasteiger partial charge < -0.3 is 19.5 Å². The summed E-state index contributed by atoms with van der Waals surface area (Å²) < 4.78 is 19.1. The van der Waals surface area contributed by atoms with Crippen molar-refractivity contribution in [2.45, 2.75) is 12.1 Å². The molecule has 24 heavy (non-hydrogen) atoms. The van der Waals surface area contributed by atoms with Crippen LogP contribution in [-0.4, -0.2) is 48.3 Å². The Morgan fingerprint density at radius 1 is 1.33 bits per heavy atom. The van der Waals surface area contributed by atoms with Gasteiger partial charge in [-0.1, -0.05) is 18.2 Å². The molecule has 1 aromatic carbocycles. The minimum absolute atomic E-state index is 0.00778. The number of rotatable bonds is 5. The van der Waals surface area contributed by atoms with E-state index in [1.165, 1.54) is 5.57 Å². The number of hydrogen-bond acceptors (Lipinski definition) is 5. The molecule has 2 aliphatic heterocycles. The molecule has 0 aliphatic carbocycles. The van der Waals surface area contributed by atoms with Crippen molar-refractivity contribution >= 4 is 6.08 Å². The fourth-order valence-electron chi connectivity index (χ4n) is 3.00. The number of aromatic nitrogens is 2. The van der Waals surface area contributed by atoms with Crippen molar-refractivity contribution in [3.05, 3.63) is 47.8 Å². The number of benzene rings is 1. The van der Waals surface area contributed by atoms with Crippen LogP contribution in [0.5, 0.6) is 11.5 Å². The quantitative estimate of drug-likeness (QED) is 0.905. The van der Waals surface area contributed by atoms with Crippen LogP contribution in [0.25, 0.3) is 6.08 Å². The molecule has 6 heteroatoms. The van der Waals surface area contributed by atoms with E-state index >= 15 is 0 Å². The number of fused-ring (bicyclic) bond motifs is 1. The second-order valence-corrected chi connectivity index (χ2v) is 6.16. The molecular formula is C18H21N3O3. The highest BCUT2D eigenvalue weighted by molar-refractivity contribution is 5.62. The Labute approximate surface area is 141 Å². The lowest BCUT2D eigenvalue weighted by molar-refractivity contribution is 0.139. The normalized spacial score (nSPS) is 22.6. The van der Waals surface area contributed by atoms with E-state index < -0.39 is 0 Å². The van der Waals surface area contributed by atoms with Gasteiger partial charge in [-0.15, -0.1) is 0 Å². The predicted molar refractivity (Wildman–Crippen MR) is 90.1 cm³/mol. The van der Waals surface area contributed by atoms with Gasteiger partial charge >= 0.3 is 0 Å². The largest absolute Gasteiger partial charge is 0.489 e. The molecule has 1 saturated heterocycles. The molecule has 0 bridgehead atoms. The average molecular weight is 327 g/mol. The summed E-state index contributed by atoms with van der Waals surface area (Å²) in [6, 6.07) is 8.24. The zero-order chi connectivity index (χ0) is 16.4. The van der Waals surface area contributed by atoms with E-state index in [9.17, 15) is 0 Å². The fraction of sp³-hybridized carbons (Fsp3) is 0.389. The van der Waals surface area contributed by atoms with Gasteiger partial charge in [-0.3, -0.25) is 4.68 Å². The first-order valence-electron chi connectivity index (χ1n) is 8.15. The lowest BCUT2D eigenvalue weighted by Gasteiger charge is -2.22. The van der Waals surface area contributed by atoms with E-state index in [4.69, 9.17) is 14.2 Å². The zero-order valence-electron chi connectivity index (χ0n) is 13.6. The van der Waals surface area contributed by atoms with Gasteiger partial charge in [0.05, 0.1) is 31.6 Å². The maximum atomic E-state index is 5.98. The minimum atomic E-state index is -0.00778. The SMILES string of the molecule is Cn1cc(O[C@@H]2COC[C@@H]2NCC2=Cc3ccccc3OC2)cn1. The molecule has 1 fully saturated rings. The van der Waals surface area contributed by atoms with E-state index in [2.05, 4.69) is 22.6 Å². The molecule has 2 aliphatic rings. The lowest BCUT2D eigenvalue weighted by atomic mass is 10.1. The van der Waals surface area contributed by atoms with Crippen LogP contribution in [0.15, 0.2) is 42.2 Å². The van der Waals surface area contributed by atoms with E-state index in [1.54, 1.807) is 10.9 Å². The molecule has 0 unspecified atom stereocenters. The second-order valence-electron chi connectivity index (χ2n) is 6.16. The van der Waals surface area contributed by atoms with Crippen molar-refractivity contribution < 1.29 is 14.2 Å². The molecule has 2 aromatic rings. The van der Waals surface area contributed by atoms with Crippen molar-refractivity contribution in [3.8, 4) is 11.5 Å². The van der Waals surface area contributed by atoms with Crippen molar-refractivity contribution in [1.82, 2.24) is 15.1 Å². The lowest BCUT2D eigenvalue weighted by Crippen LogP contribution is -2.43. The number of aryl methyl sites for hydroxylation is 1. The predicted octanol–water partition coefficient (Wildman–Crippen LogP) is 1.63. The van der Waals surface area contributed by atoms with E-state index in [0.717, 1.165) is 23.6 Å². The monoisotopic (exact) mass is 327 g/mol. The Kier molecular flexibility index (Phi) is 4.23. The summed E-state index contributed by atoms with van der Waals surface area (Å²) in [5.41, 5.74) is 2.35. The number of ether oxygens (including phenoxy) is 3. The first-order chi connectivity index (χ1) is 11.8. The zero-order valence-corrected chi connectivity index (χ0v) is 13.6. The van der Waals surface area contributed by atoms with Crippen LogP contribution in [0.2, 0.25) is 0 Å². The maximum Gasteiger partial charge on any atom is 0.157 e. The molecule has 3 heterocycles. The van der Waals surface area contributed by atoms with E-state index in [1.807, 2.05) is 31.4 Å². The van der Waals surface area contributed by atoms with Crippen LogP contribution in [0.1, 0.15) is 5.56 Å². The van der Waals surface area contributed by atoms with Gasteiger partial charge in [0.15, 0.2) is 5.75 Å². The van der Waals surface area contributed by atoms with E-state index in [-0.39, 0.29) is 12.1 Å². The first kappa shape index (κ1) is 15.2. The molecular weight excluding hydrogens is 306 g/mol. The van der Waals surface area contributed by atoms with Crippen LogP contribution in [0.3, 0.4) is 0 Å². The molecule has 6 nitrogen and oxygen atoms in total. The van der Waals surface area contributed by atoms with Crippen molar-refractivity contribution in [3.63, 3.8) is 0 Å². The summed E-state index contributed by atoms with van der Waals surface area (Å²) in [5.74, 6) is 1.72. The van der Waals surface area contributed by atoms with Crippen molar-refractivity contribution in [1.29, 1.82) is 0 Å². The summed E-state index contributed by atoms with van der Waals surface area (Å²) in [5, 5.41) is 7.66. The Bertz CT molecular complexity index is 741. The summed E-state index contributed by atoms with van der Waals surface area (Å²) in [6.07, 6.45) is 5.78. The average Bonchev–Trinajstić information content (AvgIpc) is 3.22. The number of para-hydroxylation sites is 1. The molecule has 1 N–H and O–H groups in total. The Morgan fingerprint density at radius 3 is 3.12 bits per heavy atom. The molecule has 4 rings (SSSR count). The first-order valence-corrected chi connectivity index (χ1v) is 8.15. The molecule has 0 spiro atoms. The highest BCUT2D eigenvalue weighted by Crippen LogP contribution is 2.25. The van der Waals surface area contributed by atoms with Gasteiger partial charge in [0.25, 0.3) is 0 Å². The van der Waals surface area contributed by atoms with Gasteiger partial charge in [-0.2, -0.15) is 5.10 Å². The third-order valence-electron chi connectivity index (χ3n) is 4.28. The van der Waals surface area contributed by atoms with Crippen LogP contribution in [-0.2, 0) is 11.8 Å². The van der Waals surface area contributed by atoms with Gasteiger partial charge in [0, 0.05) is 19.2 Å². The number of nitrogens with one attached hydrogen (secondary N) is 1. The summed E-state index contributed by atoms with van der Waals surface area (Å²) >= 11 is 0.